The third kappa shape index (κ3) is 3.73. The lowest BCUT2D eigenvalue weighted by molar-refractivity contribution is 0.0780. The van der Waals surface area contributed by atoms with Crippen molar-refractivity contribution in [3.8, 4) is 5.69 Å². The van der Waals surface area contributed by atoms with E-state index in [1.54, 1.807) is 27.9 Å². The van der Waals surface area contributed by atoms with E-state index >= 15 is 0 Å². The third-order valence-corrected chi connectivity index (χ3v) is 4.45. The van der Waals surface area contributed by atoms with Gasteiger partial charge in [-0.1, -0.05) is 0 Å². The molecule has 1 amide bonds. The largest absolute Gasteiger partial charge is 0.337 e. The van der Waals surface area contributed by atoms with E-state index in [-0.39, 0.29) is 24.1 Å². The molecule has 1 saturated heterocycles. The zero-order chi connectivity index (χ0) is 15.7. The molecule has 2 heterocycles. The van der Waals surface area contributed by atoms with Crippen molar-refractivity contribution in [2.24, 2.45) is 11.7 Å². The van der Waals surface area contributed by atoms with Crippen LogP contribution in [0.4, 0.5) is 4.39 Å². The van der Waals surface area contributed by atoms with Gasteiger partial charge in [-0.25, -0.2) is 9.07 Å². The Morgan fingerprint density at radius 1 is 1.39 bits per heavy atom. The Balaban J connectivity index is 0.00000192. The highest BCUT2D eigenvalue weighted by molar-refractivity contribution is 9.10. The Labute approximate surface area is 148 Å². The summed E-state index contributed by atoms with van der Waals surface area (Å²) in [5, 5.41) is 4.33. The molecule has 3 rings (SSSR count). The first-order valence-electron chi connectivity index (χ1n) is 7.09. The molecule has 124 valence electrons. The summed E-state index contributed by atoms with van der Waals surface area (Å²) < 4.78 is 15.2. The van der Waals surface area contributed by atoms with Crippen LogP contribution in [0.1, 0.15) is 16.9 Å². The first-order chi connectivity index (χ1) is 10.6. The number of halogens is 3. The topological polar surface area (TPSA) is 64.2 Å². The summed E-state index contributed by atoms with van der Waals surface area (Å²) in [5.74, 6) is -0.0539. The molecule has 0 spiro atoms. The van der Waals surface area contributed by atoms with Gasteiger partial charge in [0.15, 0.2) is 5.69 Å². The number of nitrogens with zero attached hydrogens (tertiary/aromatic N) is 3. The fraction of sp³-hybridized carbons (Fsp3) is 0.333. The first-order valence-corrected chi connectivity index (χ1v) is 7.88. The van der Waals surface area contributed by atoms with E-state index in [1.165, 1.54) is 12.1 Å². The summed E-state index contributed by atoms with van der Waals surface area (Å²) in [4.78, 5) is 14.3. The van der Waals surface area contributed by atoms with E-state index in [0.717, 1.165) is 6.42 Å². The van der Waals surface area contributed by atoms with Crippen LogP contribution in [0.3, 0.4) is 0 Å². The van der Waals surface area contributed by atoms with Crippen LogP contribution in [-0.4, -0.2) is 40.2 Å². The molecule has 1 aliphatic rings. The van der Waals surface area contributed by atoms with Gasteiger partial charge in [-0.3, -0.25) is 4.79 Å². The van der Waals surface area contributed by atoms with Gasteiger partial charge in [0, 0.05) is 19.3 Å². The summed E-state index contributed by atoms with van der Waals surface area (Å²) in [6.45, 7) is 1.97. The lowest BCUT2D eigenvalue weighted by atomic mass is 10.1. The van der Waals surface area contributed by atoms with Gasteiger partial charge in [-0.2, -0.15) is 5.10 Å². The lowest BCUT2D eigenvalue weighted by Crippen LogP contribution is -2.30. The number of carbonyl (C=O) groups is 1. The summed E-state index contributed by atoms with van der Waals surface area (Å²) in [6, 6.07) is 5.95. The fourth-order valence-corrected chi connectivity index (χ4v) is 3.03. The van der Waals surface area contributed by atoms with Crippen LogP contribution in [-0.2, 0) is 0 Å². The van der Waals surface area contributed by atoms with Crippen molar-refractivity contribution in [3.63, 3.8) is 0 Å². The molecule has 1 aromatic heterocycles. The summed E-state index contributed by atoms with van der Waals surface area (Å²) >= 11 is 3.38. The highest BCUT2D eigenvalue weighted by atomic mass is 79.9. The molecule has 8 heteroatoms. The average molecular weight is 404 g/mol. The number of likely N-dealkylation sites (tertiary alicyclic amines) is 1. The molecule has 1 aliphatic heterocycles. The third-order valence-electron chi connectivity index (χ3n) is 3.87. The number of hydrogen-bond donors (Lipinski definition) is 1. The van der Waals surface area contributed by atoms with E-state index in [9.17, 15) is 9.18 Å². The molecule has 1 atom stereocenters. The van der Waals surface area contributed by atoms with Crippen LogP contribution in [0.25, 0.3) is 5.69 Å². The number of benzene rings is 1. The molecule has 1 fully saturated rings. The highest BCUT2D eigenvalue weighted by Gasteiger charge is 2.28. The second kappa shape index (κ2) is 7.42. The van der Waals surface area contributed by atoms with Gasteiger partial charge in [0.2, 0.25) is 0 Å². The minimum absolute atomic E-state index is 0. The van der Waals surface area contributed by atoms with Gasteiger partial charge in [-0.15, -0.1) is 12.4 Å². The van der Waals surface area contributed by atoms with Gasteiger partial charge in [0.05, 0.1) is 10.2 Å². The van der Waals surface area contributed by atoms with Crippen molar-refractivity contribution in [1.29, 1.82) is 0 Å². The van der Waals surface area contributed by atoms with Gasteiger partial charge in [0.1, 0.15) is 5.82 Å². The second-order valence-corrected chi connectivity index (χ2v) is 6.24. The standard InChI is InChI=1S/C15H16BrFN4O.ClH/c16-13-9-21(12-3-1-11(17)2-4-12)19-14(13)15(22)20-6-5-10(7-18)8-20;/h1-4,9-10H,5-8,18H2;1H. The van der Waals surface area contributed by atoms with E-state index < -0.39 is 0 Å². The predicted molar refractivity (Wildman–Crippen MR) is 91.5 cm³/mol. The van der Waals surface area contributed by atoms with E-state index in [2.05, 4.69) is 21.0 Å². The normalized spacial score (nSPS) is 17.2. The Morgan fingerprint density at radius 2 is 2.09 bits per heavy atom. The Kier molecular flexibility index (Phi) is 5.78. The van der Waals surface area contributed by atoms with Crippen LogP contribution in [0.5, 0.6) is 0 Å². The van der Waals surface area contributed by atoms with Crippen LogP contribution >= 0.6 is 28.3 Å². The molecule has 2 aromatic rings. The molecule has 5 nitrogen and oxygen atoms in total. The number of nitrogens with two attached hydrogens (primary N) is 1. The Hall–Kier alpha value is -1.44. The first kappa shape index (κ1) is 17.9. The van der Waals surface area contributed by atoms with Crippen molar-refractivity contribution in [3.05, 3.63) is 46.4 Å². The average Bonchev–Trinajstić information content (AvgIpc) is 3.14. The van der Waals surface area contributed by atoms with E-state index in [1.807, 2.05) is 0 Å². The maximum atomic E-state index is 13.0. The number of rotatable bonds is 3. The monoisotopic (exact) mass is 402 g/mol. The molecular formula is C15H17BrClFN4O. The molecule has 0 bridgehead atoms. The van der Waals surface area contributed by atoms with Crippen molar-refractivity contribution < 1.29 is 9.18 Å². The zero-order valence-electron chi connectivity index (χ0n) is 12.3. The quantitative estimate of drug-likeness (QED) is 0.857. The minimum atomic E-state index is -0.309. The van der Waals surface area contributed by atoms with Gasteiger partial charge < -0.3 is 10.6 Å². The maximum Gasteiger partial charge on any atom is 0.275 e. The maximum absolute atomic E-state index is 13.0. The van der Waals surface area contributed by atoms with Crippen molar-refractivity contribution >= 4 is 34.2 Å². The Bertz CT molecular complexity index is 691. The molecular weight excluding hydrogens is 387 g/mol. The van der Waals surface area contributed by atoms with Gasteiger partial charge in [-0.05, 0) is 59.1 Å². The van der Waals surface area contributed by atoms with Gasteiger partial charge in [0.25, 0.3) is 5.91 Å². The summed E-state index contributed by atoms with van der Waals surface area (Å²) in [6.07, 6.45) is 2.63. The lowest BCUT2D eigenvalue weighted by Gasteiger charge is -2.14. The van der Waals surface area contributed by atoms with Crippen LogP contribution < -0.4 is 5.73 Å². The molecule has 0 aliphatic carbocycles. The minimum Gasteiger partial charge on any atom is -0.337 e. The van der Waals surface area contributed by atoms with Crippen LogP contribution in [0.15, 0.2) is 34.9 Å². The number of aromatic nitrogens is 2. The van der Waals surface area contributed by atoms with E-state index in [4.69, 9.17) is 5.73 Å². The van der Waals surface area contributed by atoms with Crippen molar-refractivity contribution in [2.45, 2.75) is 6.42 Å². The fourth-order valence-electron chi connectivity index (χ4n) is 2.58. The number of carbonyl (C=O) groups excluding carboxylic acids is 1. The molecule has 1 unspecified atom stereocenters. The molecule has 23 heavy (non-hydrogen) atoms. The van der Waals surface area contributed by atoms with Crippen molar-refractivity contribution in [1.82, 2.24) is 14.7 Å². The summed E-state index contributed by atoms with van der Waals surface area (Å²) in [7, 11) is 0. The SMILES string of the molecule is Cl.NCC1CCN(C(=O)c2nn(-c3ccc(F)cc3)cc2Br)C1. The number of amides is 1. The molecule has 1 aromatic carbocycles. The van der Waals surface area contributed by atoms with Crippen LogP contribution in [0.2, 0.25) is 0 Å². The Morgan fingerprint density at radius 3 is 2.70 bits per heavy atom. The summed E-state index contributed by atoms with van der Waals surface area (Å²) in [5.41, 5.74) is 6.72. The zero-order valence-corrected chi connectivity index (χ0v) is 14.7. The second-order valence-electron chi connectivity index (χ2n) is 5.39. The predicted octanol–water partition coefficient (Wildman–Crippen LogP) is 2.62. The van der Waals surface area contributed by atoms with Crippen molar-refractivity contribution in [2.75, 3.05) is 19.6 Å². The van der Waals surface area contributed by atoms with Crippen LogP contribution in [0, 0.1) is 11.7 Å². The molecule has 0 radical (unpaired) electrons. The number of hydrogen-bond acceptors (Lipinski definition) is 3. The molecule has 0 saturated carbocycles. The van der Waals surface area contributed by atoms with Gasteiger partial charge >= 0.3 is 0 Å². The molecule has 2 N–H and O–H groups in total. The highest BCUT2D eigenvalue weighted by Crippen LogP contribution is 2.23. The smallest absolute Gasteiger partial charge is 0.275 e. The van der Waals surface area contributed by atoms with E-state index in [0.29, 0.717) is 41.4 Å².